The first-order valence-corrected chi connectivity index (χ1v) is 5.68. The van der Waals surface area contributed by atoms with Gasteiger partial charge >= 0.3 is 0 Å². The van der Waals surface area contributed by atoms with Crippen LogP contribution >= 0.6 is 0 Å². The average Bonchev–Trinajstić information content (AvgIpc) is 2.23. The van der Waals surface area contributed by atoms with Gasteiger partial charge in [-0.15, -0.1) is 0 Å². The van der Waals surface area contributed by atoms with E-state index >= 15 is 0 Å². The van der Waals surface area contributed by atoms with Crippen LogP contribution in [0.15, 0.2) is 9.98 Å². The van der Waals surface area contributed by atoms with E-state index in [1.165, 1.54) is 0 Å². The Balaban J connectivity index is 0.000000437. The fourth-order valence-electron chi connectivity index (χ4n) is 1.23. The highest BCUT2D eigenvalue weighted by atomic mass is 35.7. The summed E-state index contributed by atoms with van der Waals surface area (Å²) in [5.41, 5.74) is 1.11. The highest BCUT2D eigenvalue weighted by molar-refractivity contribution is 6.08. The summed E-state index contributed by atoms with van der Waals surface area (Å²) in [5, 5.41) is 10.6. The van der Waals surface area contributed by atoms with Gasteiger partial charge in [-0.25, -0.2) is 0 Å². The molecule has 0 amide bonds. The maximum atomic E-state index is 10.6. The van der Waals surface area contributed by atoms with Crippen molar-refractivity contribution >= 4 is 11.4 Å². The predicted molar refractivity (Wildman–Crippen MR) is 49.0 cm³/mol. The van der Waals surface area contributed by atoms with E-state index in [2.05, 4.69) is 9.98 Å². The van der Waals surface area contributed by atoms with Gasteiger partial charge in [0.05, 0.1) is 39.4 Å². The van der Waals surface area contributed by atoms with Crippen LogP contribution in [0.3, 0.4) is 0 Å². The van der Waals surface area contributed by atoms with Crippen molar-refractivity contribution in [1.29, 1.82) is 0 Å². The average molecular weight is 270 g/mol. The molecule has 0 saturated heterocycles. The number of hydrogen-bond donors (Lipinski definition) is 1. The maximum absolute atomic E-state index is 10.6. The maximum Gasteiger partial charge on any atom is 0.287 e. The molecule has 1 rings (SSSR count). The van der Waals surface area contributed by atoms with Gasteiger partial charge in [0, 0.05) is 4.92 Å². The van der Waals surface area contributed by atoms with Gasteiger partial charge in [0.15, 0.2) is 0 Å². The highest BCUT2D eigenvalue weighted by Gasteiger charge is 2.28. The van der Waals surface area contributed by atoms with Gasteiger partial charge in [0.1, 0.15) is 0 Å². The van der Waals surface area contributed by atoms with Crippen LogP contribution in [-0.2, 0) is 0 Å². The predicted octanol–water partition coefficient (Wildman–Crippen LogP) is -3.56. The second-order valence-electron chi connectivity index (χ2n) is 3.13. The van der Waals surface area contributed by atoms with Crippen molar-refractivity contribution in [3.05, 3.63) is 10.1 Å². The van der Waals surface area contributed by atoms with Crippen molar-refractivity contribution in [3.8, 4) is 0 Å². The van der Waals surface area contributed by atoms with E-state index in [0.29, 0.717) is 24.5 Å². The van der Waals surface area contributed by atoms with Gasteiger partial charge in [-0.1, -0.05) is 0 Å². The normalized spacial score (nSPS) is 17.3. The second-order valence-corrected chi connectivity index (χ2v) is 3.92. The van der Waals surface area contributed by atoms with Crippen molar-refractivity contribution in [3.63, 3.8) is 0 Å². The van der Waals surface area contributed by atoms with Crippen LogP contribution in [-0.4, -0.2) is 40.1 Å². The molecule has 0 aromatic carbocycles. The van der Waals surface area contributed by atoms with Crippen LogP contribution in [0.1, 0.15) is 13.8 Å². The molecule has 10 heteroatoms. The molecule has 98 valence electrons. The molecule has 9 nitrogen and oxygen atoms in total. The molecular formula is C7H12ClN3O6. The third kappa shape index (κ3) is 7.71. The third-order valence-corrected chi connectivity index (χ3v) is 1.82. The standard InChI is InChI=1S/C7H11N3O2.ClHO4/c1-5-7(10(11)12)6(2)9-4-3-8-5;2-1(3,4)5/h7H,3-4H2,1-2H3;(H,2,3,4,5). The minimum Gasteiger partial charge on any atom is -0.285 e. The molecule has 1 N–H and O–H groups in total. The zero-order valence-corrected chi connectivity index (χ0v) is 9.96. The zero-order valence-electron chi connectivity index (χ0n) is 9.20. The summed E-state index contributed by atoms with van der Waals surface area (Å²) in [6.45, 7) is 4.48. The monoisotopic (exact) mass is 269 g/mol. The first-order chi connectivity index (χ1) is 7.63. The lowest BCUT2D eigenvalue weighted by atomic mass is 10.1. The topological polar surface area (TPSA) is 157 Å². The molecule has 0 unspecified atom stereocenters. The summed E-state index contributed by atoms with van der Waals surface area (Å²) >= 11 is 0. The van der Waals surface area contributed by atoms with E-state index in [0.717, 1.165) is 0 Å². The van der Waals surface area contributed by atoms with Crippen molar-refractivity contribution in [1.82, 2.24) is 0 Å². The molecule has 0 saturated carbocycles. The van der Waals surface area contributed by atoms with Crippen LogP contribution in [0.4, 0.5) is 0 Å². The Morgan fingerprint density at radius 3 is 1.76 bits per heavy atom. The van der Waals surface area contributed by atoms with Crippen molar-refractivity contribution in [2.75, 3.05) is 13.1 Å². The summed E-state index contributed by atoms with van der Waals surface area (Å²) in [7, 11) is -4.69. The molecule has 17 heavy (non-hydrogen) atoms. The van der Waals surface area contributed by atoms with Crippen LogP contribution in [0.5, 0.6) is 0 Å². The minimum atomic E-state index is -4.69. The Morgan fingerprint density at radius 2 is 1.53 bits per heavy atom. The zero-order chi connectivity index (χ0) is 13.6. The molecule has 0 radical (unpaired) electrons. The van der Waals surface area contributed by atoms with Crippen LogP contribution in [0.2, 0.25) is 0 Å². The number of hydrogen-bond acceptors (Lipinski definition) is 8. The molecule has 0 spiro atoms. The Morgan fingerprint density at radius 1 is 1.24 bits per heavy atom. The van der Waals surface area contributed by atoms with Crippen LogP contribution in [0, 0.1) is 20.4 Å². The van der Waals surface area contributed by atoms with Gasteiger partial charge in [0.2, 0.25) is 0 Å². The molecule has 1 aliphatic rings. The molecule has 0 fully saturated rings. The van der Waals surface area contributed by atoms with Crippen molar-refractivity contribution < 1.29 is 33.8 Å². The fraction of sp³-hybridized carbons (Fsp3) is 0.714. The molecule has 0 aliphatic carbocycles. The Kier molecular flexibility index (Phi) is 6.13. The minimum absolute atomic E-state index is 0.344. The smallest absolute Gasteiger partial charge is 0.285 e. The molecule has 0 bridgehead atoms. The van der Waals surface area contributed by atoms with E-state index in [4.69, 9.17) is 18.6 Å². The molecule has 0 aromatic heterocycles. The van der Waals surface area contributed by atoms with E-state index in [-0.39, 0.29) is 4.92 Å². The van der Waals surface area contributed by atoms with E-state index in [1.54, 1.807) is 13.8 Å². The van der Waals surface area contributed by atoms with Crippen molar-refractivity contribution in [2.24, 2.45) is 9.98 Å². The number of nitrogens with zero attached hydrogens (tertiary/aromatic N) is 3. The Labute approximate surface area is 99.0 Å². The highest BCUT2D eigenvalue weighted by Crippen LogP contribution is 2.02. The lowest BCUT2D eigenvalue weighted by Crippen LogP contribution is -2.58. The Hall–Kier alpha value is -1.13. The summed E-state index contributed by atoms with van der Waals surface area (Å²) in [6.07, 6.45) is 0. The van der Waals surface area contributed by atoms with E-state index in [9.17, 15) is 10.1 Å². The van der Waals surface area contributed by atoms with Gasteiger partial charge in [-0.3, -0.25) is 20.1 Å². The largest absolute Gasteiger partial charge is 0.287 e. The second kappa shape index (κ2) is 6.57. The molecule has 0 atom stereocenters. The van der Waals surface area contributed by atoms with Gasteiger partial charge < -0.3 is 0 Å². The summed E-state index contributed by atoms with van der Waals surface area (Å²) in [4.78, 5) is 18.3. The SMILES string of the molecule is CC1=NCCN=C(C)C1[N+](=O)[O-].[O-][Cl+3]([O-])([O-])O. The number of aliphatic imine (C=N–C) groups is 2. The fourth-order valence-corrected chi connectivity index (χ4v) is 1.23. The van der Waals surface area contributed by atoms with Gasteiger partial charge in [-0.2, -0.15) is 14.0 Å². The first kappa shape index (κ1) is 15.9. The lowest BCUT2D eigenvalue weighted by Gasteiger charge is -2.05. The van der Waals surface area contributed by atoms with Crippen LogP contribution in [0.25, 0.3) is 0 Å². The molecule has 1 aliphatic heterocycles. The summed E-state index contributed by atoms with van der Waals surface area (Å²) < 4.78 is 32.7. The lowest BCUT2D eigenvalue weighted by molar-refractivity contribution is -1.92. The summed E-state index contributed by atoms with van der Waals surface area (Å²) in [6, 6.07) is -0.799. The number of halogens is 1. The van der Waals surface area contributed by atoms with E-state index < -0.39 is 16.3 Å². The Bertz CT molecular complexity index is 311. The molecule has 0 aromatic rings. The molecular weight excluding hydrogens is 258 g/mol. The third-order valence-electron chi connectivity index (χ3n) is 1.82. The molecule has 1 heterocycles. The number of nitro groups is 1. The summed E-state index contributed by atoms with van der Waals surface area (Å²) in [5.74, 6) is 0. The van der Waals surface area contributed by atoms with Gasteiger partial charge in [-0.05, 0) is 13.8 Å². The number of rotatable bonds is 1. The van der Waals surface area contributed by atoms with Crippen molar-refractivity contribution in [2.45, 2.75) is 19.9 Å². The van der Waals surface area contributed by atoms with E-state index in [1.807, 2.05) is 0 Å². The van der Waals surface area contributed by atoms with Crippen LogP contribution < -0.4 is 14.0 Å². The van der Waals surface area contributed by atoms with Gasteiger partial charge in [0.25, 0.3) is 6.04 Å². The quantitative estimate of drug-likeness (QED) is 0.383. The first-order valence-electron chi connectivity index (χ1n) is 4.41.